The van der Waals surface area contributed by atoms with Crippen LogP contribution in [0.5, 0.6) is 0 Å². The number of hydrogen-bond acceptors (Lipinski definition) is 4. The molecule has 0 aromatic heterocycles. The van der Waals surface area contributed by atoms with Gasteiger partial charge in [0.1, 0.15) is 15.8 Å². The third-order valence-corrected chi connectivity index (χ3v) is 8.33. The molecular formula is C13H8F4INO4S2. The second kappa shape index (κ2) is 7.17. The lowest BCUT2D eigenvalue weighted by Gasteiger charge is -2.21. The second-order valence-corrected chi connectivity index (χ2v) is 10.9. The summed E-state index contributed by atoms with van der Waals surface area (Å²) in [5, 5.41) is 0. The van der Waals surface area contributed by atoms with Gasteiger partial charge in [-0.2, -0.15) is 13.2 Å². The minimum Gasteiger partial charge on any atom is -0.424 e. The van der Waals surface area contributed by atoms with E-state index in [1.807, 2.05) is 4.13 Å². The van der Waals surface area contributed by atoms with E-state index in [2.05, 4.69) is 0 Å². The zero-order valence-electron chi connectivity index (χ0n) is 11.9. The van der Waals surface area contributed by atoms with Crippen LogP contribution in [0.25, 0.3) is 4.13 Å². The van der Waals surface area contributed by atoms with E-state index < -0.39 is 57.5 Å². The van der Waals surface area contributed by atoms with Gasteiger partial charge in [-0.25, -0.2) is 21.2 Å². The number of hydrogen-bond donors (Lipinski definition) is 0. The van der Waals surface area contributed by atoms with Crippen LogP contribution in [0.2, 0.25) is 0 Å². The highest BCUT2D eigenvalue weighted by atomic mass is 127. The Morgan fingerprint density at radius 2 is 1.24 bits per heavy atom. The molecule has 0 saturated heterocycles. The zero-order valence-corrected chi connectivity index (χ0v) is 15.7. The molecule has 2 aromatic carbocycles. The molecule has 136 valence electrons. The predicted octanol–water partition coefficient (Wildman–Crippen LogP) is -0.134. The van der Waals surface area contributed by atoms with Crippen molar-refractivity contribution in [2.75, 3.05) is 0 Å². The normalized spacial score (nSPS) is 13.0. The number of benzene rings is 2. The summed E-state index contributed by atoms with van der Waals surface area (Å²) in [5.74, 6) is -0.401. The number of rotatable bonds is 5. The lowest BCUT2D eigenvalue weighted by molar-refractivity contribution is -0.597. The first-order chi connectivity index (χ1) is 11.4. The Kier molecular flexibility index (Phi) is 5.75. The van der Waals surface area contributed by atoms with E-state index in [1.54, 1.807) is 12.1 Å². The van der Waals surface area contributed by atoms with Crippen LogP contribution in [0.4, 0.5) is 17.6 Å². The Morgan fingerprint density at radius 3 is 1.68 bits per heavy atom. The predicted molar refractivity (Wildman–Crippen MR) is 75.8 cm³/mol. The van der Waals surface area contributed by atoms with Gasteiger partial charge in [0.25, 0.3) is 0 Å². The van der Waals surface area contributed by atoms with Gasteiger partial charge in [0.2, 0.25) is 0 Å². The first kappa shape index (κ1) is 20.1. The molecule has 2 aromatic rings. The molecule has 0 bridgehead atoms. The van der Waals surface area contributed by atoms with Gasteiger partial charge in [0.15, 0.2) is 17.2 Å². The minimum absolute atomic E-state index is 0.401. The molecular weight excluding hydrogens is 501 g/mol. The van der Waals surface area contributed by atoms with Crippen molar-refractivity contribution in [1.29, 1.82) is 0 Å². The maximum Gasteiger partial charge on any atom is 0.480 e. The van der Waals surface area contributed by atoms with Crippen molar-refractivity contribution in [2.24, 2.45) is 0 Å². The second-order valence-electron chi connectivity index (χ2n) is 4.46. The zero-order chi connectivity index (χ0) is 18.9. The van der Waals surface area contributed by atoms with E-state index in [1.165, 1.54) is 24.3 Å². The van der Waals surface area contributed by atoms with Crippen molar-refractivity contribution in [3.63, 3.8) is 0 Å². The summed E-state index contributed by atoms with van der Waals surface area (Å²) in [6, 6.07) is 10.3. The Hall–Kier alpha value is -1.25. The van der Waals surface area contributed by atoms with Crippen LogP contribution in [-0.2, 0) is 20.0 Å². The molecule has 0 aliphatic rings. The smallest absolute Gasteiger partial charge is 0.424 e. The number of halogens is 5. The van der Waals surface area contributed by atoms with Crippen LogP contribution < -0.4 is 21.2 Å². The highest BCUT2D eigenvalue weighted by Gasteiger charge is 2.40. The van der Waals surface area contributed by atoms with Gasteiger partial charge < -0.3 is 4.13 Å². The molecule has 5 nitrogen and oxygen atoms in total. The van der Waals surface area contributed by atoms with E-state index in [9.17, 15) is 34.4 Å². The first-order valence-corrected chi connectivity index (χ1v) is 11.3. The highest BCUT2D eigenvalue weighted by Crippen LogP contribution is 2.32. The minimum atomic E-state index is -6.16. The van der Waals surface area contributed by atoms with Gasteiger partial charge in [0, 0.05) is 4.90 Å². The molecule has 2 rings (SSSR count). The van der Waals surface area contributed by atoms with Crippen molar-refractivity contribution < 1.29 is 55.6 Å². The molecule has 0 unspecified atom stereocenters. The molecule has 0 N–H and O–H groups in total. The van der Waals surface area contributed by atoms with Gasteiger partial charge in [-0.05, 0) is 48.5 Å². The summed E-state index contributed by atoms with van der Waals surface area (Å²) in [6.45, 7) is 0. The van der Waals surface area contributed by atoms with E-state index >= 15 is 0 Å². The van der Waals surface area contributed by atoms with E-state index in [4.69, 9.17) is 0 Å². The van der Waals surface area contributed by atoms with Crippen molar-refractivity contribution >= 4 is 20.0 Å². The van der Waals surface area contributed by atoms with Crippen LogP contribution in [-0.4, -0.2) is 22.3 Å². The Bertz CT molecular complexity index is 957. The van der Waals surface area contributed by atoms with Gasteiger partial charge in [-0.15, -0.1) is 0 Å². The fraction of sp³-hybridized carbons (Fsp3) is 0.0769. The highest BCUT2D eigenvalue weighted by molar-refractivity contribution is 8.12. The van der Waals surface area contributed by atoms with Crippen LogP contribution in [0.3, 0.4) is 0 Å². The molecule has 0 aliphatic carbocycles. The number of nitrogens with zero attached hydrogens (tertiary/aromatic N) is 1. The molecule has 0 radical (unpaired) electrons. The standard InChI is InChI=1S/C13H8F4INO4S2/c14-9-1-3-10(4-2-9)18-11-5-7-12(8-6-11)24(20,21)19-25(22,23)13(15,16)17/h1-8H. The molecule has 12 heteroatoms. The van der Waals surface area contributed by atoms with E-state index in [0.29, 0.717) is 3.57 Å². The lowest BCUT2D eigenvalue weighted by atomic mass is 10.4. The van der Waals surface area contributed by atoms with Crippen LogP contribution in [0.1, 0.15) is 0 Å². The molecule has 0 saturated carbocycles. The van der Waals surface area contributed by atoms with Gasteiger partial charge in [-0.3, -0.25) is 0 Å². The molecule has 0 heterocycles. The largest absolute Gasteiger partial charge is 0.480 e. The summed E-state index contributed by atoms with van der Waals surface area (Å²) < 4.78 is 98.3. The van der Waals surface area contributed by atoms with Crippen molar-refractivity contribution in [1.82, 2.24) is 0 Å². The van der Waals surface area contributed by atoms with Crippen LogP contribution in [0, 0.1) is 13.0 Å². The molecule has 0 fully saturated rings. The molecule has 0 spiro atoms. The monoisotopic (exact) mass is 509 g/mol. The van der Waals surface area contributed by atoms with E-state index in [0.717, 1.165) is 15.7 Å². The SMILES string of the molecule is O=S(=O)([N-]S(=O)(=O)C(F)(F)F)c1ccc([I+]c2ccc(F)cc2)cc1. The number of alkyl halides is 3. The molecule has 0 atom stereocenters. The third-order valence-electron chi connectivity index (χ3n) is 2.62. The summed E-state index contributed by atoms with van der Waals surface area (Å²) in [6.07, 6.45) is 0. The fourth-order valence-corrected chi connectivity index (χ4v) is 5.86. The van der Waals surface area contributed by atoms with Crippen molar-refractivity contribution in [3.05, 3.63) is 65.6 Å². The fourth-order valence-electron chi connectivity index (χ4n) is 1.50. The van der Waals surface area contributed by atoms with E-state index in [-0.39, 0.29) is 0 Å². The van der Waals surface area contributed by atoms with Crippen LogP contribution in [0.15, 0.2) is 53.4 Å². The Labute approximate surface area is 151 Å². The number of sulfonamides is 2. The van der Waals surface area contributed by atoms with Gasteiger partial charge >= 0.3 is 26.7 Å². The summed E-state index contributed by atoms with van der Waals surface area (Å²) in [5.41, 5.74) is -5.80. The molecule has 0 aliphatic heterocycles. The molecule has 25 heavy (non-hydrogen) atoms. The summed E-state index contributed by atoms with van der Waals surface area (Å²) in [4.78, 5) is -0.674. The summed E-state index contributed by atoms with van der Waals surface area (Å²) in [7, 11) is -11.2. The maximum atomic E-state index is 12.8. The van der Waals surface area contributed by atoms with Crippen LogP contribution >= 0.6 is 0 Å². The van der Waals surface area contributed by atoms with Crippen molar-refractivity contribution in [2.45, 2.75) is 10.4 Å². The maximum absolute atomic E-state index is 12.8. The molecule has 0 amide bonds. The first-order valence-electron chi connectivity index (χ1n) is 6.22. The van der Waals surface area contributed by atoms with Gasteiger partial charge in [-0.1, -0.05) is 0 Å². The average Bonchev–Trinajstić information content (AvgIpc) is 2.48. The quantitative estimate of drug-likeness (QED) is 0.416. The van der Waals surface area contributed by atoms with Crippen molar-refractivity contribution in [3.8, 4) is 0 Å². The lowest BCUT2D eigenvalue weighted by Crippen LogP contribution is -3.61. The third kappa shape index (κ3) is 5.12. The Balaban J connectivity index is 2.20. The Morgan fingerprint density at radius 1 is 0.800 bits per heavy atom. The summed E-state index contributed by atoms with van der Waals surface area (Å²) >= 11 is -0.770. The topological polar surface area (TPSA) is 82.4 Å². The average molecular weight is 509 g/mol. The van der Waals surface area contributed by atoms with Gasteiger partial charge in [0.05, 0.1) is 0 Å².